The molecule has 33 heavy (non-hydrogen) atoms. The molecule has 2 aromatic carbocycles. The number of hydrogen-bond donors (Lipinski definition) is 4. The number of nitrogens with two attached hydrogens (primary N) is 1. The van der Waals surface area contributed by atoms with E-state index < -0.39 is 30.2 Å². The Hall–Kier alpha value is -4.11. The Morgan fingerprint density at radius 3 is 2.64 bits per heavy atom. The van der Waals surface area contributed by atoms with Crippen molar-refractivity contribution in [2.45, 2.75) is 0 Å². The molecule has 2 aromatic rings. The predicted octanol–water partition coefficient (Wildman–Crippen LogP) is 3.38. The number of aliphatic hydroxyl groups excluding tert-OH is 2. The summed E-state index contributed by atoms with van der Waals surface area (Å²) in [6.07, 6.45) is 7.02. The molecule has 0 saturated heterocycles. The lowest BCUT2D eigenvalue weighted by molar-refractivity contribution is 0.0531. The van der Waals surface area contributed by atoms with Gasteiger partial charge in [0, 0.05) is 30.2 Å². The largest absolute Gasteiger partial charge is 0.512 e. The van der Waals surface area contributed by atoms with Gasteiger partial charge in [0.1, 0.15) is 24.1 Å². The Bertz CT molecular complexity index is 1170. The summed E-state index contributed by atoms with van der Waals surface area (Å²) in [5.74, 6) is -2.71. The number of carbonyl (C=O) groups excluding carboxylic acids is 1. The molecule has 1 atom stereocenters. The maximum atomic E-state index is 14.8. The second-order valence-electron chi connectivity index (χ2n) is 7.19. The van der Waals surface area contributed by atoms with Gasteiger partial charge in [-0.25, -0.2) is 8.78 Å². The van der Waals surface area contributed by atoms with Crippen molar-refractivity contribution in [3.8, 4) is 0 Å². The molecular weight excluding hydrogens is 430 g/mol. The van der Waals surface area contributed by atoms with E-state index in [9.17, 15) is 23.8 Å². The van der Waals surface area contributed by atoms with Gasteiger partial charge in [0.15, 0.2) is 0 Å². The van der Waals surface area contributed by atoms with Crippen molar-refractivity contribution < 1.29 is 23.8 Å². The van der Waals surface area contributed by atoms with Crippen LogP contribution in [0.25, 0.3) is 5.70 Å². The number of nitrogens with one attached hydrogen (secondary N) is 1. The van der Waals surface area contributed by atoms with Gasteiger partial charge in [-0.2, -0.15) is 0 Å². The van der Waals surface area contributed by atoms with E-state index in [4.69, 9.17) is 11.1 Å². The Labute approximate surface area is 189 Å². The van der Waals surface area contributed by atoms with Crippen molar-refractivity contribution in [2.75, 3.05) is 13.3 Å². The number of hydrogen-bond acceptors (Lipinski definition) is 6. The van der Waals surface area contributed by atoms with E-state index in [1.165, 1.54) is 67.0 Å². The number of halogens is 2. The molecule has 170 valence electrons. The van der Waals surface area contributed by atoms with Gasteiger partial charge in [0.05, 0.1) is 17.2 Å². The molecule has 1 unspecified atom stereocenters. The van der Waals surface area contributed by atoms with Gasteiger partial charge in [-0.05, 0) is 60.2 Å². The highest BCUT2D eigenvalue weighted by atomic mass is 19.1. The third-order valence-electron chi connectivity index (χ3n) is 4.95. The Balaban J connectivity index is 1.92. The highest BCUT2D eigenvalue weighted by Crippen LogP contribution is 2.23. The highest BCUT2D eigenvalue weighted by molar-refractivity contribution is 6.11. The minimum Gasteiger partial charge on any atom is -0.512 e. The topological polar surface area (TPSA) is 123 Å². The van der Waals surface area contributed by atoms with Crippen LogP contribution in [0.5, 0.6) is 0 Å². The fourth-order valence-corrected chi connectivity index (χ4v) is 3.23. The molecule has 1 amide bonds. The third kappa shape index (κ3) is 5.58. The molecule has 0 aliphatic carbocycles. The summed E-state index contributed by atoms with van der Waals surface area (Å²) in [7, 11) is 0. The molecule has 9 heteroatoms. The summed E-state index contributed by atoms with van der Waals surface area (Å²) in [6, 6.07) is 8.92. The van der Waals surface area contributed by atoms with Crippen LogP contribution in [0.15, 0.2) is 77.6 Å². The molecule has 1 aliphatic rings. The van der Waals surface area contributed by atoms with Crippen molar-refractivity contribution in [1.29, 1.82) is 5.41 Å². The first-order chi connectivity index (χ1) is 15.8. The number of aliphatic hydroxyl groups is 2. The molecule has 0 aromatic heterocycles. The van der Waals surface area contributed by atoms with Gasteiger partial charge < -0.3 is 26.3 Å². The minimum atomic E-state index is -0.789. The summed E-state index contributed by atoms with van der Waals surface area (Å²) in [5.41, 5.74) is 5.76. The summed E-state index contributed by atoms with van der Waals surface area (Å²) in [6.45, 7) is -0.817. The molecule has 3 rings (SSSR count). The van der Waals surface area contributed by atoms with E-state index in [-0.39, 0.29) is 34.8 Å². The van der Waals surface area contributed by atoms with Gasteiger partial charge in [-0.3, -0.25) is 9.79 Å². The maximum Gasteiger partial charge on any atom is 0.256 e. The first-order valence-electron chi connectivity index (χ1n) is 9.91. The Morgan fingerprint density at radius 1 is 1.21 bits per heavy atom. The maximum absolute atomic E-state index is 14.8. The van der Waals surface area contributed by atoms with E-state index in [1.807, 2.05) is 0 Å². The van der Waals surface area contributed by atoms with Crippen LogP contribution in [0.4, 0.5) is 8.78 Å². The quantitative estimate of drug-likeness (QED) is 0.380. The monoisotopic (exact) mass is 452 g/mol. The van der Waals surface area contributed by atoms with E-state index in [0.29, 0.717) is 5.56 Å². The van der Waals surface area contributed by atoms with Crippen molar-refractivity contribution >= 4 is 23.5 Å². The molecule has 7 nitrogen and oxygen atoms in total. The Kier molecular flexibility index (Phi) is 7.47. The summed E-state index contributed by atoms with van der Waals surface area (Å²) >= 11 is 0. The summed E-state index contributed by atoms with van der Waals surface area (Å²) in [4.78, 5) is 18.2. The van der Waals surface area contributed by atoms with Gasteiger partial charge in [0.2, 0.25) is 0 Å². The molecule has 1 heterocycles. The number of rotatable bonds is 7. The second kappa shape index (κ2) is 10.5. The lowest BCUT2D eigenvalue weighted by Gasteiger charge is -2.24. The van der Waals surface area contributed by atoms with Crippen molar-refractivity contribution in [3.63, 3.8) is 0 Å². The van der Waals surface area contributed by atoms with Gasteiger partial charge >= 0.3 is 0 Å². The van der Waals surface area contributed by atoms with Crippen molar-refractivity contribution in [1.82, 2.24) is 4.90 Å². The number of nitrogens with zero attached hydrogens (tertiary/aromatic N) is 2. The number of benzene rings is 2. The molecule has 0 radical (unpaired) electrons. The fourth-order valence-electron chi connectivity index (χ4n) is 3.23. The molecular formula is C24H22F2N4O3. The number of amides is 1. The lowest BCUT2D eigenvalue weighted by atomic mass is 9.99. The van der Waals surface area contributed by atoms with Crippen LogP contribution >= 0.6 is 0 Å². The lowest BCUT2D eigenvalue weighted by Crippen LogP contribution is -2.38. The van der Waals surface area contributed by atoms with Crippen LogP contribution in [0.2, 0.25) is 0 Å². The zero-order chi connectivity index (χ0) is 24.0. The Morgan fingerprint density at radius 2 is 1.94 bits per heavy atom. The average Bonchev–Trinajstić information content (AvgIpc) is 3.00. The van der Waals surface area contributed by atoms with Gasteiger partial charge in [-0.15, -0.1) is 0 Å². The molecule has 0 spiro atoms. The summed E-state index contributed by atoms with van der Waals surface area (Å²) < 4.78 is 27.9. The second-order valence-corrected chi connectivity index (χ2v) is 7.19. The summed E-state index contributed by atoms with van der Waals surface area (Å²) in [5, 5.41) is 28.1. The fraction of sp³-hybridized carbons (Fsp3) is 0.125. The molecule has 0 fully saturated rings. The SMILES string of the molecule is N=C(C=C(N)c1c(F)cccc1C(=O)N(CO)CC1C=NC=CC=C1O)c1ccc(F)cc1. The van der Waals surface area contributed by atoms with Crippen LogP contribution in [-0.4, -0.2) is 46.2 Å². The van der Waals surface area contributed by atoms with E-state index in [1.54, 1.807) is 0 Å². The van der Waals surface area contributed by atoms with Crippen molar-refractivity contribution in [2.24, 2.45) is 16.6 Å². The van der Waals surface area contributed by atoms with Crippen LogP contribution in [-0.2, 0) is 0 Å². The molecule has 5 N–H and O–H groups in total. The van der Waals surface area contributed by atoms with Gasteiger partial charge in [0.25, 0.3) is 5.91 Å². The highest BCUT2D eigenvalue weighted by Gasteiger charge is 2.25. The van der Waals surface area contributed by atoms with E-state index in [2.05, 4.69) is 4.99 Å². The van der Waals surface area contributed by atoms with Crippen LogP contribution in [0, 0.1) is 23.0 Å². The third-order valence-corrected chi connectivity index (χ3v) is 4.95. The molecule has 1 aliphatic heterocycles. The number of aliphatic imine (C=N–C) groups is 1. The van der Waals surface area contributed by atoms with E-state index >= 15 is 0 Å². The first-order valence-corrected chi connectivity index (χ1v) is 9.91. The first kappa shape index (κ1) is 23.6. The number of allylic oxidation sites excluding steroid dienone is 3. The zero-order valence-corrected chi connectivity index (χ0v) is 17.5. The van der Waals surface area contributed by atoms with Crippen LogP contribution < -0.4 is 5.73 Å². The minimum absolute atomic E-state index is 0.0506. The molecule has 0 bridgehead atoms. The number of carbonyl (C=O) groups is 1. The van der Waals surface area contributed by atoms with Crippen LogP contribution in [0.1, 0.15) is 21.5 Å². The predicted molar refractivity (Wildman–Crippen MR) is 122 cm³/mol. The smallest absolute Gasteiger partial charge is 0.256 e. The van der Waals surface area contributed by atoms with Crippen LogP contribution in [0.3, 0.4) is 0 Å². The zero-order valence-electron chi connectivity index (χ0n) is 17.5. The van der Waals surface area contributed by atoms with Crippen molar-refractivity contribution in [3.05, 3.63) is 101 Å². The normalized spacial score (nSPS) is 15.7. The van der Waals surface area contributed by atoms with E-state index in [0.717, 1.165) is 11.0 Å². The standard InChI is InChI=1S/C24H22F2N4O3/c25-17-8-6-15(7-9-17)20(27)11-21(28)23-18(3-1-4-19(23)26)24(33)30(14-31)13-16-12-29-10-2-5-22(16)32/h1-12,16,27,31-32H,13-14,28H2. The van der Waals surface area contributed by atoms with Gasteiger partial charge in [-0.1, -0.05) is 6.07 Å². The molecule has 0 saturated carbocycles. The average molecular weight is 452 g/mol.